The van der Waals surface area contributed by atoms with Gasteiger partial charge in [0.1, 0.15) is 17.5 Å². The molecule has 1 fully saturated rings. The number of primary amides is 1. The second-order valence-corrected chi connectivity index (χ2v) is 8.19. The topological polar surface area (TPSA) is 80.0 Å². The number of aromatic nitrogens is 1. The van der Waals surface area contributed by atoms with Crippen LogP contribution in [0.5, 0.6) is 0 Å². The Morgan fingerprint density at radius 2 is 1.69 bits per heavy atom. The normalized spacial score (nSPS) is 14.2. The Hall–Kier alpha value is -3.48. The predicted molar refractivity (Wildman–Crippen MR) is 122 cm³/mol. The smallest absolute Gasteiger partial charge is 0.252 e. The summed E-state index contributed by atoms with van der Waals surface area (Å²) in [4.78, 5) is 16.1. The third-order valence-corrected chi connectivity index (χ3v) is 5.83. The van der Waals surface area contributed by atoms with Crippen LogP contribution in [0.25, 0.3) is 0 Å². The van der Waals surface area contributed by atoms with Crippen LogP contribution >= 0.6 is 0 Å². The maximum Gasteiger partial charge on any atom is 0.252 e. The van der Waals surface area contributed by atoms with E-state index in [1.807, 2.05) is 12.1 Å². The van der Waals surface area contributed by atoms with Gasteiger partial charge in [0.2, 0.25) is 0 Å². The van der Waals surface area contributed by atoms with E-state index in [-0.39, 0.29) is 12.1 Å². The number of nitrogens with zero attached hydrogens (tertiary/aromatic N) is 1. The Balaban J connectivity index is 1.48. The highest BCUT2D eigenvalue weighted by Crippen LogP contribution is 2.33. The Morgan fingerprint density at radius 3 is 2.34 bits per heavy atom. The molecular formula is C25H26F2N4O. The maximum atomic E-state index is 13.5. The summed E-state index contributed by atoms with van der Waals surface area (Å²) in [6, 6.07) is 13.3. The zero-order chi connectivity index (χ0) is 22.5. The third-order valence-electron chi connectivity index (χ3n) is 5.83. The summed E-state index contributed by atoms with van der Waals surface area (Å²) < 4.78 is 26.9. The minimum absolute atomic E-state index is 0.120. The van der Waals surface area contributed by atoms with Gasteiger partial charge in [-0.1, -0.05) is 31.4 Å². The number of hydrogen-bond acceptors (Lipinski definition) is 4. The molecule has 0 bridgehead atoms. The standard InChI is InChI=1S/C25H26F2N4O/c26-19-10-16(11-20(27)12-19)14-29-23-13-24(30-15-22(23)25(28)32)31-21-8-6-18(7-9-21)17-4-2-1-3-5-17/h6-13,15,17H,1-5,14H2,(H2,28,32)(H2,29,30,31). The van der Waals surface area contributed by atoms with Crippen LogP contribution in [-0.2, 0) is 6.54 Å². The summed E-state index contributed by atoms with van der Waals surface area (Å²) in [5.74, 6) is -0.812. The Bertz CT molecular complexity index is 1080. The lowest BCUT2D eigenvalue weighted by molar-refractivity contribution is 0.100. The fourth-order valence-electron chi connectivity index (χ4n) is 4.20. The van der Waals surface area contributed by atoms with E-state index in [2.05, 4.69) is 27.8 Å². The van der Waals surface area contributed by atoms with Gasteiger partial charge >= 0.3 is 0 Å². The number of anilines is 3. The van der Waals surface area contributed by atoms with E-state index in [1.54, 1.807) is 6.07 Å². The molecule has 0 unspecified atom stereocenters. The van der Waals surface area contributed by atoms with Gasteiger partial charge in [0, 0.05) is 30.6 Å². The number of hydrogen-bond donors (Lipinski definition) is 3. The lowest BCUT2D eigenvalue weighted by atomic mass is 9.84. The molecule has 1 aromatic heterocycles. The van der Waals surface area contributed by atoms with Crippen molar-refractivity contribution in [2.24, 2.45) is 5.73 Å². The quantitative estimate of drug-likeness (QED) is 0.433. The number of rotatable bonds is 7. The largest absolute Gasteiger partial charge is 0.380 e. The first-order valence-electron chi connectivity index (χ1n) is 10.8. The molecule has 1 aliphatic carbocycles. The molecular weight excluding hydrogens is 410 g/mol. The SMILES string of the molecule is NC(=O)c1cnc(Nc2ccc(C3CCCCC3)cc2)cc1NCc1cc(F)cc(F)c1. The van der Waals surface area contributed by atoms with E-state index < -0.39 is 17.5 Å². The maximum absolute atomic E-state index is 13.5. The summed E-state index contributed by atoms with van der Waals surface area (Å²) in [6.45, 7) is 0.120. The summed E-state index contributed by atoms with van der Waals surface area (Å²) in [5.41, 5.74) is 8.73. The molecule has 0 aliphatic heterocycles. The van der Waals surface area contributed by atoms with Crippen molar-refractivity contribution in [1.29, 1.82) is 0 Å². The zero-order valence-corrected chi connectivity index (χ0v) is 17.7. The lowest BCUT2D eigenvalue weighted by Crippen LogP contribution is -2.15. The number of carbonyl (C=O) groups is 1. The predicted octanol–water partition coefficient (Wildman–Crippen LogP) is 5.86. The molecule has 0 atom stereocenters. The Kier molecular flexibility index (Phi) is 6.63. The minimum atomic E-state index is -0.661. The second kappa shape index (κ2) is 9.77. The molecule has 4 N–H and O–H groups in total. The fourth-order valence-corrected chi connectivity index (χ4v) is 4.20. The van der Waals surface area contributed by atoms with Gasteiger partial charge in [0.15, 0.2) is 0 Å². The number of pyridine rings is 1. The molecule has 0 saturated heterocycles. The second-order valence-electron chi connectivity index (χ2n) is 8.19. The first kappa shape index (κ1) is 21.7. The molecule has 0 radical (unpaired) electrons. The van der Waals surface area contributed by atoms with Crippen molar-refractivity contribution in [1.82, 2.24) is 4.98 Å². The van der Waals surface area contributed by atoms with Gasteiger partial charge in [-0.2, -0.15) is 0 Å². The van der Waals surface area contributed by atoms with Crippen LogP contribution in [0.1, 0.15) is 59.5 Å². The Labute approximate surface area is 186 Å². The van der Waals surface area contributed by atoms with Gasteiger partial charge in [0.05, 0.1) is 11.3 Å². The van der Waals surface area contributed by atoms with Crippen LogP contribution in [0.4, 0.5) is 26.0 Å². The molecule has 32 heavy (non-hydrogen) atoms. The summed E-state index contributed by atoms with van der Waals surface area (Å²) >= 11 is 0. The Morgan fingerprint density at radius 1 is 1.00 bits per heavy atom. The van der Waals surface area contributed by atoms with E-state index in [0.29, 0.717) is 23.0 Å². The van der Waals surface area contributed by atoms with Crippen LogP contribution in [0.2, 0.25) is 0 Å². The van der Waals surface area contributed by atoms with Crippen LogP contribution in [0, 0.1) is 11.6 Å². The van der Waals surface area contributed by atoms with Crippen molar-refractivity contribution in [2.75, 3.05) is 10.6 Å². The van der Waals surface area contributed by atoms with Gasteiger partial charge in [-0.3, -0.25) is 4.79 Å². The van der Waals surface area contributed by atoms with Crippen molar-refractivity contribution in [3.8, 4) is 0 Å². The van der Waals surface area contributed by atoms with Gasteiger partial charge in [-0.25, -0.2) is 13.8 Å². The van der Waals surface area contributed by atoms with E-state index in [0.717, 1.165) is 11.8 Å². The van der Waals surface area contributed by atoms with E-state index in [1.165, 1.54) is 56.0 Å². The monoisotopic (exact) mass is 436 g/mol. The molecule has 1 saturated carbocycles. The number of halogens is 2. The molecule has 1 heterocycles. The first-order chi connectivity index (χ1) is 15.5. The average molecular weight is 437 g/mol. The number of benzene rings is 2. The molecule has 0 spiro atoms. The first-order valence-corrected chi connectivity index (χ1v) is 10.8. The van der Waals surface area contributed by atoms with Crippen molar-refractivity contribution in [2.45, 2.75) is 44.6 Å². The van der Waals surface area contributed by atoms with E-state index in [9.17, 15) is 13.6 Å². The highest BCUT2D eigenvalue weighted by atomic mass is 19.1. The molecule has 7 heteroatoms. The fraction of sp³-hybridized carbons (Fsp3) is 0.280. The number of amides is 1. The zero-order valence-electron chi connectivity index (χ0n) is 17.7. The minimum Gasteiger partial charge on any atom is -0.380 e. The molecule has 4 rings (SSSR count). The van der Waals surface area contributed by atoms with Gasteiger partial charge < -0.3 is 16.4 Å². The highest BCUT2D eigenvalue weighted by Gasteiger charge is 2.15. The molecule has 2 aromatic carbocycles. The van der Waals surface area contributed by atoms with E-state index >= 15 is 0 Å². The number of nitrogens with one attached hydrogen (secondary N) is 2. The van der Waals surface area contributed by atoms with Crippen molar-refractivity contribution >= 4 is 23.1 Å². The van der Waals surface area contributed by atoms with Gasteiger partial charge in [-0.05, 0) is 54.2 Å². The molecule has 5 nitrogen and oxygen atoms in total. The van der Waals surface area contributed by atoms with Crippen LogP contribution < -0.4 is 16.4 Å². The van der Waals surface area contributed by atoms with Crippen molar-refractivity contribution < 1.29 is 13.6 Å². The molecule has 166 valence electrons. The van der Waals surface area contributed by atoms with Gasteiger partial charge in [0.25, 0.3) is 5.91 Å². The third kappa shape index (κ3) is 5.41. The molecule has 1 aliphatic rings. The molecule has 3 aromatic rings. The summed E-state index contributed by atoms with van der Waals surface area (Å²) in [7, 11) is 0. The summed E-state index contributed by atoms with van der Waals surface area (Å²) in [5, 5.41) is 6.26. The van der Waals surface area contributed by atoms with Crippen LogP contribution in [0.3, 0.4) is 0 Å². The average Bonchev–Trinajstić information content (AvgIpc) is 2.78. The van der Waals surface area contributed by atoms with Crippen molar-refractivity contribution in [3.05, 3.63) is 83.1 Å². The van der Waals surface area contributed by atoms with Crippen molar-refractivity contribution in [3.63, 3.8) is 0 Å². The van der Waals surface area contributed by atoms with Crippen LogP contribution in [-0.4, -0.2) is 10.9 Å². The lowest BCUT2D eigenvalue weighted by Gasteiger charge is -2.22. The number of carbonyl (C=O) groups excluding carboxylic acids is 1. The molecule has 1 amide bonds. The van der Waals surface area contributed by atoms with E-state index in [4.69, 9.17) is 5.73 Å². The summed E-state index contributed by atoms with van der Waals surface area (Å²) in [6.07, 6.45) is 7.78. The number of nitrogens with two attached hydrogens (primary N) is 1. The van der Waals surface area contributed by atoms with Crippen LogP contribution in [0.15, 0.2) is 54.7 Å². The van der Waals surface area contributed by atoms with Gasteiger partial charge in [-0.15, -0.1) is 0 Å². The highest BCUT2D eigenvalue weighted by molar-refractivity contribution is 5.98.